The summed E-state index contributed by atoms with van der Waals surface area (Å²) in [5.74, 6) is 0. The molecule has 0 saturated heterocycles. The van der Waals surface area contributed by atoms with Crippen molar-refractivity contribution in [3.05, 3.63) is 0 Å². The monoisotopic (exact) mass is 937 g/mol. The molecule has 0 bridgehead atoms. The summed E-state index contributed by atoms with van der Waals surface area (Å²) in [6.45, 7) is 0. The SMILES string of the molecule is N=N/N=N/N=N/N=N/N=N/N=N/N=N/N=N/N=N/N=N/N=N/N=N/N=N/N=N/N(OOOOOOOOOOOOOOS)OOOOOOOOOOOOOOOS. The summed E-state index contributed by atoms with van der Waals surface area (Å²) >= 11 is 6.13. The van der Waals surface area contributed by atoms with Gasteiger partial charge in [0.1, 0.15) is 0 Å². The molecule has 0 atom stereocenters. The van der Waals surface area contributed by atoms with Gasteiger partial charge >= 0.3 is 0 Å². The fraction of sp³-hybridized carbons (Fsp3) is 0. The highest BCUT2D eigenvalue weighted by Gasteiger charge is 2.10. The van der Waals surface area contributed by atoms with Crippen LogP contribution in [0.4, 0.5) is 0 Å². The van der Waals surface area contributed by atoms with Crippen LogP contribution >= 0.6 is 25.8 Å². The van der Waals surface area contributed by atoms with E-state index in [4.69, 9.17) is 5.53 Å². The largest absolute Gasteiger partial charge is 0.183 e. The number of rotatable bonds is 43. The van der Waals surface area contributed by atoms with Crippen LogP contribution in [-0.4, -0.2) is 5.34 Å². The van der Waals surface area contributed by atoms with E-state index in [9.17, 15) is 0 Å². The van der Waals surface area contributed by atoms with E-state index in [1.807, 2.05) is 0 Å². The van der Waals surface area contributed by atoms with Crippen LogP contribution in [-0.2, 0) is 145 Å². The average molecular weight is 937 g/mol. The highest BCUT2D eigenvalue weighted by molar-refractivity contribution is 7.75. The molecular formula is H3N29O29S2. The van der Waals surface area contributed by atoms with E-state index in [0.717, 1.165) is 0 Å². The Morgan fingerprint density at radius 2 is 0.417 bits per heavy atom. The lowest BCUT2D eigenvalue weighted by molar-refractivity contribution is -0.888. The molecule has 0 aliphatic carbocycles. The maximum absolute atomic E-state index is 6.26. The van der Waals surface area contributed by atoms with Gasteiger partial charge in [-0.3, -0.25) is 0 Å². The molecule has 334 valence electrons. The molecule has 60 heteroatoms. The Labute approximate surface area is 323 Å². The summed E-state index contributed by atoms with van der Waals surface area (Å²) in [7, 11) is 0. The second-order valence-corrected chi connectivity index (χ2v) is 4.96. The van der Waals surface area contributed by atoms with Crippen LogP contribution < -0.4 is 0 Å². The predicted molar refractivity (Wildman–Crippen MR) is 120 cm³/mol. The minimum absolute atomic E-state index is 0.370. The van der Waals surface area contributed by atoms with Gasteiger partial charge in [0.05, 0.1) is 5.34 Å². The zero-order valence-corrected chi connectivity index (χ0v) is 27.5. The van der Waals surface area contributed by atoms with Gasteiger partial charge in [0.15, 0.2) is 0 Å². The van der Waals surface area contributed by atoms with Crippen LogP contribution in [0.1, 0.15) is 0 Å². The summed E-state index contributed by atoms with van der Waals surface area (Å²) in [5.41, 5.74) is 6.26. The first-order valence-electron chi connectivity index (χ1n) is 10.9. The van der Waals surface area contributed by atoms with E-state index in [1.165, 1.54) is 0 Å². The molecule has 0 rings (SSSR count). The number of hydrogen-bond donors (Lipinski definition) is 3. The topological polar surface area (TPSA) is 628 Å². The van der Waals surface area contributed by atoms with Crippen LogP contribution in [0.25, 0.3) is 0 Å². The van der Waals surface area contributed by atoms with Gasteiger partial charge in [0.2, 0.25) is 0 Å². The molecular weight excluding hydrogens is 934 g/mol. The van der Waals surface area contributed by atoms with Crippen molar-refractivity contribution in [2.24, 2.45) is 141 Å². The van der Waals surface area contributed by atoms with E-state index in [-0.39, 0.29) is 5.34 Å². The lowest BCUT2D eigenvalue weighted by Crippen LogP contribution is -2.19. The number of nitrogens with one attached hydrogen (secondary N) is 1. The van der Waals surface area contributed by atoms with Crippen LogP contribution in [0.15, 0.2) is 141 Å². The third kappa shape index (κ3) is 47.9. The minimum Gasteiger partial charge on any atom is -0.183 e. The van der Waals surface area contributed by atoms with Crippen molar-refractivity contribution in [2.75, 3.05) is 0 Å². The zero-order valence-electron chi connectivity index (χ0n) is 25.8. The summed E-state index contributed by atoms with van der Waals surface area (Å²) in [6.07, 6.45) is 0. The Kier molecular flexibility index (Phi) is 45.5. The van der Waals surface area contributed by atoms with Gasteiger partial charge in [-0.05, 0) is 178 Å². The van der Waals surface area contributed by atoms with Gasteiger partial charge in [-0.25, -0.2) is 0 Å². The highest BCUT2D eigenvalue weighted by atomic mass is 32.1. The lowest BCUT2D eigenvalue weighted by Gasteiger charge is -2.07. The quantitative estimate of drug-likeness (QED) is 0.0196. The first-order valence-corrected chi connectivity index (χ1v) is 11.6. The molecule has 0 aliphatic rings. The van der Waals surface area contributed by atoms with E-state index in [0.29, 0.717) is 0 Å². The van der Waals surface area contributed by atoms with E-state index >= 15 is 0 Å². The molecule has 0 unspecified atom stereocenters. The minimum atomic E-state index is -0.370. The third-order valence-corrected chi connectivity index (χ3v) is 2.13. The highest BCUT2D eigenvalue weighted by Crippen LogP contribution is 2.02. The second kappa shape index (κ2) is 50.8. The Balaban J connectivity index is 4.44. The lowest BCUT2D eigenvalue weighted by atomic mass is 12.3. The molecule has 0 saturated carbocycles. The molecule has 0 amide bonds. The first kappa shape index (κ1) is 53.7. The van der Waals surface area contributed by atoms with Crippen molar-refractivity contribution in [1.29, 1.82) is 5.53 Å². The van der Waals surface area contributed by atoms with Crippen LogP contribution in [0, 0.1) is 5.53 Å². The van der Waals surface area contributed by atoms with Gasteiger partial charge < -0.3 is 0 Å². The van der Waals surface area contributed by atoms with Crippen LogP contribution in [0.3, 0.4) is 0 Å². The van der Waals surface area contributed by atoms with E-state index in [2.05, 4.69) is 311 Å². The Hall–Kier alpha value is -6.26. The molecule has 1 N–H and O–H groups in total. The summed E-state index contributed by atoms with van der Waals surface area (Å²) in [5, 5.41) is 168. The Morgan fingerprint density at radius 3 is 0.633 bits per heavy atom. The molecule has 0 aromatic rings. The molecule has 0 spiro atoms. The van der Waals surface area contributed by atoms with Crippen molar-refractivity contribution in [1.82, 2.24) is 5.34 Å². The van der Waals surface area contributed by atoms with Gasteiger partial charge in [-0.1, -0.05) is 0 Å². The van der Waals surface area contributed by atoms with E-state index < -0.39 is 0 Å². The molecule has 58 nitrogen and oxygen atoms in total. The van der Waals surface area contributed by atoms with Crippen molar-refractivity contribution >= 4 is 25.8 Å². The number of nitrogens with zero attached hydrogens (tertiary/aromatic N) is 28. The molecule has 0 aromatic heterocycles. The fourth-order valence-corrected chi connectivity index (χ4v) is 0.914. The standard InChI is InChI=1S/H3N29O29S2/c1-2-3-4-5-6-7-8-9-10-11-12-13-14-15-16-17-18-19-20-21-22-23-24-25-26-27-28-29(31-33-35-37-39-41-43-45-47-49-51-53-55-57-59)30-32-34-36-38-40-42-44-46-48-50-52-54-56-58-60/h1,59-60H/b2-1?,4-3+,6-5+,8-7+,10-9+,12-11+,14-13+,16-15+,18-17+,20-19+,22-21+,24-23+,26-25+,28-27+. The molecule has 60 heavy (non-hydrogen) atoms. The van der Waals surface area contributed by atoms with Gasteiger partial charge in [-0.15, -0.1) is 8.67 Å². The molecule has 0 heterocycles. The van der Waals surface area contributed by atoms with Crippen molar-refractivity contribution in [3.63, 3.8) is 0 Å². The Morgan fingerprint density at radius 1 is 0.233 bits per heavy atom. The van der Waals surface area contributed by atoms with Crippen molar-refractivity contribution in [3.8, 4) is 0 Å². The molecule has 0 fully saturated rings. The third-order valence-electron chi connectivity index (χ3n) is 2.01. The molecule has 0 aliphatic heterocycles. The summed E-state index contributed by atoms with van der Waals surface area (Å²) < 4.78 is 7.19. The zero-order chi connectivity index (χ0) is 43.2. The maximum Gasteiger partial charge on any atom is 0.0559 e. The van der Waals surface area contributed by atoms with Gasteiger partial charge in [0.25, 0.3) is 0 Å². The predicted octanol–water partition coefficient (Wildman–Crippen LogP) is 3.71. The molecule has 0 aromatic carbocycles. The summed E-state index contributed by atoms with van der Waals surface area (Å²) in [4.78, 5) is 8.11. The van der Waals surface area contributed by atoms with Crippen molar-refractivity contribution < 1.29 is 145 Å². The molecule has 0 radical (unpaired) electrons. The summed E-state index contributed by atoms with van der Waals surface area (Å²) in [6, 6.07) is 0. The Bertz CT molecular complexity index is 1350. The fourth-order valence-electron chi connectivity index (χ4n) is 0.864. The van der Waals surface area contributed by atoms with Crippen molar-refractivity contribution in [2.45, 2.75) is 0 Å². The van der Waals surface area contributed by atoms with E-state index in [1.54, 1.807) is 0 Å². The van der Waals surface area contributed by atoms with Crippen LogP contribution in [0.5, 0.6) is 0 Å². The van der Waals surface area contributed by atoms with Crippen LogP contribution in [0.2, 0.25) is 0 Å². The normalized spacial score (nSPS) is 13.3. The second-order valence-electron chi connectivity index (χ2n) is 4.66. The smallest absolute Gasteiger partial charge is 0.0559 e. The first-order chi connectivity index (χ1) is 29.8. The number of hydrogen-bond acceptors (Lipinski definition) is 33. The van der Waals surface area contributed by atoms with Gasteiger partial charge in [-0.2, -0.15) is 5.53 Å². The van der Waals surface area contributed by atoms with Gasteiger partial charge in [0, 0.05) is 125 Å². The number of thiol groups is 2. The average Bonchev–Trinajstić information content (AvgIpc) is 3.26. The maximum atomic E-state index is 6.26.